The Morgan fingerprint density at radius 1 is 0.410 bits per heavy atom. The van der Waals surface area contributed by atoms with Gasteiger partial charge in [-0.05, 0) is 121 Å². The number of hydrogen-bond donors (Lipinski definition) is 0. The van der Waals surface area contributed by atoms with Gasteiger partial charge in [0.25, 0.3) is 0 Å². The molecule has 4 bridgehead atoms. The third kappa shape index (κ3) is 3.24. The van der Waals surface area contributed by atoms with Crippen LogP contribution < -0.4 is 0 Å². The van der Waals surface area contributed by atoms with Gasteiger partial charge in [-0.1, -0.05) is 109 Å². The summed E-state index contributed by atoms with van der Waals surface area (Å²) < 4.78 is 0. The first-order valence-electron chi connectivity index (χ1n) is 14.9. The van der Waals surface area contributed by atoms with Crippen molar-refractivity contribution in [1.29, 1.82) is 0 Å². The minimum Gasteiger partial charge on any atom is -0.0616 e. The van der Waals surface area contributed by atoms with Crippen molar-refractivity contribution in [3.05, 3.63) is 120 Å². The molecule has 0 nitrogen and oxygen atoms in total. The fourth-order valence-electron chi connectivity index (χ4n) is 8.99. The van der Waals surface area contributed by atoms with E-state index in [9.17, 15) is 0 Å². The van der Waals surface area contributed by atoms with E-state index in [0.29, 0.717) is 0 Å². The van der Waals surface area contributed by atoms with Gasteiger partial charge in [-0.25, -0.2) is 0 Å². The van der Waals surface area contributed by atoms with Crippen LogP contribution in [0.15, 0.2) is 109 Å². The Hall–Kier alpha value is -3.90. The van der Waals surface area contributed by atoms with Gasteiger partial charge in [0.05, 0.1) is 0 Å². The molecule has 0 N–H and O–H groups in total. The minimum absolute atomic E-state index is 0.753. The van der Waals surface area contributed by atoms with Crippen LogP contribution >= 0.6 is 0 Å². The molecule has 0 radical (unpaired) electrons. The third-order valence-electron chi connectivity index (χ3n) is 10.4. The molecule has 4 aliphatic carbocycles. The maximum absolute atomic E-state index is 2.62. The molecule has 2 saturated carbocycles. The lowest BCUT2D eigenvalue weighted by atomic mass is 9.67. The smallest absolute Gasteiger partial charge is 0.00201 e. The summed E-state index contributed by atoms with van der Waals surface area (Å²) in [5.41, 5.74) is 8.82. The molecule has 0 aliphatic heterocycles. The third-order valence-corrected chi connectivity index (χ3v) is 10.4. The molecular weight excluding hydrogens is 468 g/mol. The van der Waals surface area contributed by atoms with Crippen LogP contribution in [0.2, 0.25) is 0 Å². The molecule has 188 valence electrons. The van der Waals surface area contributed by atoms with E-state index in [1.807, 2.05) is 0 Å². The van der Waals surface area contributed by atoms with E-state index in [4.69, 9.17) is 0 Å². The molecule has 0 heterocycles. The Labute approximate surface area is 230 Å². The average Bonchev–Trinajstić information content (AvgIpc) is 3.15. The fourth-order valence-corrected chi connectivity index (χ4v) is 8.99. The van der Waals surface area contributed by atoms with E-state index in [0.717, 1.165) is 23.7 Å². The van der Waals surface area contributed by atoms with Crippen molar-refractivity contribution in [2.75, 3.05) is 0 Å². The Morgan fingerprint density at radius 2 is 0.949 bits per heavy atom. The Kier molecular flexibility index (Phi) is 4.67. The summed E-state index contributed by atoms with van der Waals surface area (Å²) in [7, 11) is 0. The highest BCUT2D eigenvalue weighted by Crippen LogP contribution is 2.57. The molecule has 10 rings (SSSR count). The summed E-state index contributed by atoms with van der Waals surface area (Å²) in [6, 6.07) is 41.4. The largest absolute Gasteiger partial charge is 0.0616 e. The van der Waals surface area contributed by atoms with Crippen LogP contribution in [0.1, 0.15) is 55.1 Å². The standard InChI is InChI=1S/C39H32/c1-2-10-30-26(8-1)9-7-15-32(30)39-35-13-5-3-11-33(35)38(34-12-4-6-14-36(34)39)27-16-17-31-28-19-24-18-25(20-28)22-29(21-24)37(31)23-27/h1-17,23-25,28-29H,18-22H2. The van der Waals surface area contributed by atoms with Crippen molar-refractivity contribution in [3.63, 3.8) is 0 Å². The van der Waals surface area contributed by atoms with Gasteiger partial charge in [-0.2, -0.15) is 0 Å². The summed E-state index contributed by atoms with van der Waals surface area (Å²) in [6.45, 7) is 0. The molecule has 0 amide bonds. The van der Waals surface area contributed by atoms with Crippen molar-refractivity contribution in [3.8, 4) is 22.3 Å². The zero-order chi connectivity index (χ0) is 25.5. The summed E-state index contributed by atoms with van der Waals surface area (Å²) in [5, 5.41) is 8.02. The lowest BCUT2D eigenvalue weighted by Gasteiger charge is -2.38. The van der Waals surface area contributed by atoms with E-state index in [2.05, 4.69) is 109 Å². The quantitative estimate of drug-likeness (QED) is 0.207. The van der Waals surface area contributed by atoms with Gasteiger partial charge in [-0.3, -0.25) is 0 Å². The first kappa shape index (κ1) is 22.0. The Morgan fingerprint density at radius 3 is 1.62 bits per heavy atom. The molecule has 2 atom stereocenters. The van der Waals surface area contributed by atoms with Crippen molar-refractivity contribution in [2.24, 2.45) is 11.8 Å². The zero-order valence-corrected chi connectivity index (χ0v) is 22.2. The van der Waals surface area contributed by atoms with Crippen molar-refractivity contribution < 1.29 is 0 Å². The fraction of sp³-hybridized carbons (Fsp3) is 0.231. The number of benzene rings is 6. The van der Waals surface area contributed by atoms with Crippen LogP contribution in [0.3, 0.4) is 0 Å². The molecule has 0 heteroatoms. The van der Waals surface area contributed by atoms with E-state index in [1.54, 1.807) is 11.1 Å². The maximum atomic E-state index is 2.62. The van der Waals surface area contributed by atoms with Gasteiger partial charge in [0, 0.05) is 0 Å². The molecule has 2 fully saturated rings. The summed E-state index contributed by atoms with van der Waals surface area (Å²) in [4.78, 5) is 0. The number of hydrogen-bond acceptors (Lipinski definition) is 0. The normalized spacial score (nSPS) is 23.4. The van der Waals surface area contributed by atoms with Crippen molar-refractivity contribution in [2.45, 2.75) is 43.9 Å². The highest BCUT2D eigenvalue weighted by Gasteiger charge is 2.42. The van der Waals surface area contributed by atoms with Crippen LogP contribution in [0.4, 0.5) is 0 Å². The van der Waals surface area contributed by atoms with E-state index < -0.39 is 0 Å². The van der Waals surface area contributed by atoms with E-state index in [1.165, 1.54) is 86.7 Å². The number of fused-ring (bicyclic) bond motifs is 3. The SMILES string of the molecule is c1ccc2c(-c3c4ccccc4c(-c4ccc5c(c4)C4CC6CC(CC5C6)C4)c4ccccc34)cccc2c1. The van der Waals surface area contributed by atoms with Crippen LogP contribution in [-0.4, -0.2) is 0 Å². The van der Waals surface area contributed by atoms with Crippen LogP contribution in [0.25, 0.3) is 54.6 Å². The van der Waals surface area contributed by atoms with Crippen molar-refractivity contribution in [1.82, 2.24) is 0 Å². The number of rotatable bonds is 2. The molecule has 0 spiro atoms. The highest BCUT2D eigenvalue weighted by molar-refractivity contribution is 6.23. The molecular formula is C39H32. The predicted octanol–water partition coefficient (Wildman–Crippen LogP) is 10.9. The van der Waals surface area contributed by atoms with Gasteiger partial charge in [0.1, 0.15) is 0 Å². The lowest BCUT2D eigenvalue weighted by Crippen LogP contribution is -2.25. The van der Waals surface area contributed by atoms with E-state index >= 15 is 0 Å². The van der Waals surface area contributed by atoms with Gasteiger partial charge in [0.2, 0.25) is 0 Å². The van der Waals surface area contributed by atoms with E-state index in [-0.39, 0.29) is 0 Å². The minimum atomic E-state index is 0.753. The average molecular weight is 501 g/mol. The molecule has 2 unspecified atom stereocenters. The lowest BCUT2D eigenvalue weighted by molar-refractivity contribution is 0.166. The second-order valence-corrected chi connectivity index (χ2v) is 12.5. The molecule has 0 aromatic heterocycles. The molecule has 4 aliphatic rings. The first-order chi connectivity index (χ1) is 19.3. The van der Waals surface area contributed by atoms with Gasteiger partial charge >= 0.3 is 0 Å². The van der Waals surface area contributed by atoms with Crippen LogP contribution in [-0.2, 0) is 0 Å². The highest BCUT2D eigenvalue weighted by atomic mass is 14.5. The molecule has 6 aromatic carbocycles. The van der Waals surface area contributed by atoms with Crippen LogP contribution in [0.5, 0.6) is 0 Å². The topological polar surface area (TPSA) is 0 Å². The molecule has 0 saturated heterocycles. The van der Waals surface area contributed by atoms with Gasteiger partial charge in [-0.15, -0.1) is 0 Å². The maximum Gasteiger partial charge on any atom is -0.00201 e. The summed E-state index contributed by atoms with van der Waals surface area (Å²) in [5.74, 6) is 3.44. The Bertz CT molecular complexity index is 1850. The summed E-state index contributed by atoms with van der Waals surface area (Å²) >= 11 is 0. The second kappa shape index (κ2) is 8.30. The van der Waals surface area contributed by atoms with Crippen molar-refractivity contribution >= 4 is 32.3 Å². The van der Waals surface area contributed by atoms with Gasteiger partial charge < -0.3 is 0 Å². The second-order valence-electron chi connectivity index (χ2n) is 12.5. The van der Waals surface area contributed by atoms with Crippen LogP contribution in [0, 0.1) is 11.8 Å². The van der Waals surface area contributed by atoms with Gasteiger partial charge in [0.15, 0.2) is 0 Å². The first-order valence-corrected chi connectivity index (χ1v) is 14.9. The Balaban J connectivity index is 1.35. The molecule has 39 heavy (non-hydrogen) atoms. The predicted molar refractivity (Wildman–Crippen MR) is 165 cm³/mol. The monoisotopic (exact) mass is 500 g/mol. The summed E-state index contributed by atoms with van der Waals surface area (Å²) in [6.07, 6.45) is 7.14. The zero-order valence-electron chi connectivity index (χ0n) is 22.2. The molecule has 6 aromatic rings.